The number of carbonyl (C=O) groups is 3. The van der Waals surface area contributed by atoms with Gasteiger partial charge in [0.05, 0.1) is 19.3 Å². The van der Waals surface area contributed by atoms with Gasteiger partial charge in [0.1, 0.15) is 17.3 Å². The largest absolute Gasteiger partial charge is 0.497 e. The van der Waals surface area contributed by atoms with Crippen molar-refractivity contribution in [3.05, 3.63) is 53.5 Å². The second kappa shape index (κ2) is 7.00. The van der Waals surface area contributed by atoms with E-state index in [9.17, 15) is 14.4 Å². The average Bonchev–Trinajstić information content (AvgIpc) is 3.19. The summed E-state index contributed by atoms with van der Waals surface area (Å²) in [6.07, 6.45) is 1.47. The minimum absolute atomic E-state index is 0.0101. The summed E-state index contributed by atoms with van der Waals surface area (Å²) in [4.78, 5) is 39.8. The van der Waals surface area contributed by atoms with Crippen LogP contribution in [0, 0.1) is 12.3 Å². The predicted molar refractivity (Wildman–Crippen MR) is 105 cm³/mol. The lowest BCUT2D eigenvalue weighted by Crippen LogP contribution is -2.61. The molecule has 0 N–H and O–H groups in total. The molecule has 1 saturated heterocycles. The molecule has 1 saturated carbocycles. The maximum Gasteiger partial charge on any atom is 0.328 e. The third kappa shape index (κ3) is 3.00. The van der Waals surface area contributed by atoms with Crippen molar-refractivity contribution in [1.29, 1.82) is 0 Å². The first-order chi connectivity index (χ1) is 14.2. The fourth-order valence-corrected chi connectivity index (χ4v) is 4.73. The van der Waals surface area contributed by atoms with Crippen LogP contribution in [-0.4, -0.2) is 30.6 Å². The van der Waals surface area contributed by atoms with E-state index in [0.29, 0.717) is 17.1 Å². The molecule has 4 rings (SSSR count). The molecule has 7 nitrogen and oxygen atoms in total. The molecule has 1 spiro atoms. The molecule has 2 fully saturated rings. The quantitative estimate of drug-likeness (QED) is 0.561. The zero-order valence-corrected chi connectivity index (χ0v) is 17.4. The molecule has 2 heterocycles. The number of hydrogen-bond donors (Lipinski definition) is 0. The minimum Gasteiger partial charge on any atom is -0.497 e. The second-order valence-electron chi connectivity index (χ2n) is 8.34. The van der Waals surface area contributed by atoms with Crippen molar-refractivity contribution >= 4 is 17.7 Å². The zero-order chi connectivity index (χ0) is 21.7. The smallest absolute Gasteiger partial charge is 0.328 e. The number of ether oxygens (including phenoxy) is 3. The van der Waals surface area contributed by atoms with Crippen molar-refractivity contribution in [1.82, 2.24) is 0 Å². The maximum atomic E-state index is 13.5. The van der Waals surface area contributed by atoms with Crippen LogP contribution >= 0.6 is 0 Å². The van der Waals surface area contributed by atoms with Crippen molar-refractivity contribution in [2.75, 3.05) is 7.11 Å². The number of cyclic esters (lactones) is 2. The highest BCUT2D eigenvalue weighted by atomic mass is 16.7. The number of furan rings is 1. The maximum absolute atomic E-state index is 13.5. The van der Waals surface area contributed by atoms with Crippen LogP contribution in [0.3, 0.4) is 0 Å². The Morgan fingerprint density at radius 2 is 1.67 bits per heavy atom. The molecule has 0 amide bonds. The topological polar surface area (TPSA) is 92.0 Å². The van der Waals surface area contributed by atoms with Crippen molar-refractivity contribution in [2.45, 2.75) is 51.2 Å². The molecule has 158 valence electrons. The minimum atomic E-state index is -1.72. The van der Waals surface area contributed by atoms with E-state index in [0.717, 1.165) is 5.56 Å². The van der Waals surface area contributed by atoms with Crippen LogP contribution in [-0.2, 0) is 23.9 Å². The van der Waals surface area contributed by atoms with Gasteiger partial charge in [0.2, 0.25) is 0 Å². The number of aryl methyl sites for hydroxylation is 1. The number of ketones is 1. The highest BCUT2D eigenvalue weighted by Crippen LogP contribution is 2.58. The van der Waals surface area contributed by atoms with Crippen molar-refractivity contribution in [3.8, 4) is 5.75 Å². The Morgan fingerprint density at radius 3 is 2.23 bits per heavy atom. The Labute approximate surface area is 174 Å². The fourth-order valence-electron chi connectivity index (χ4n) is 4.73. The van der Waals surface area contributed by atoms with E-state index in [1.54, 1.807) is 31.4 Å². The van der Waals surface area contributed by atoms with Gasteiger partial charge in [-0.2, -0.15) is 0 Å². The third-order valence-electron chi connectivity index (χ3n) is 6.05. The van der Waals surface area contributed by atoms with E-state index < -0.39 is 35.0 Å². The second-order valence-corrected chi connectivity index (χ2v) is 8.34. The SMILES string of the molecule is COc1ccc([C@@H]2CC(=O)C[C@H](c3ccco3)C23C(=O)OC(C)(C)OC3=O)c(C)c1. The number of carbonyl (C=O) groups excluding carboxylic acids is 3. The molecule has 1 aromatic heterocycles. The van der Waals surface area contributed by atoms with Gasteiger partial charge in [-0.25, -0.2) is 0 Å². The van der Waals surface area contributed by atoms with Gasteiger partial charge in [-0.15, -0.1) is 0 Å². The monoisotopic (exact) mass is 412 g/mol. The van der Waals surface area contributed by atoms with Crippen LogP contribution in [0.1, 0.15) is 55.4 Å². The Kier molecular flexibility index (Phi) is 4.71. The Bertz CT molecular complexity index is 983. The van der Waals surface area contributed by atoms with Crippen molar-refractivity contribution in [3.63, 3.8) is 0 Å². The Balaban J connectivity index is 1.94. The molecule has 0 unspecified atom stereocenters. The Morgan fingerprint density at radius 1 is 1.00 bits per heavy atom. The lowest BCUT2D eigenvalue weighted by Gasteiger charge is -2.49. The highest BCUT2D eigenvalue weighted by Gasteiger charge is 2.68. The fraction of sp³-hybridized carbons (Fsp3) is 0.435. The Hall–Kier alpha value is -3.09. The normalized spacial score (nSPS) is 25.0. The first kappa shape index (κ1) is 20.2. The summed E-state index contributed by atoms with van der Waals surface area (Å²) in [6.45, 7) is 4.88. The molecule has 0 bridgehead atoms. The van der Waals surface area contributed by atoms with E-state index in [1.807, 2.05) is 13.0 Å². The summed E-state index contributed by atoms with van der Waals surface area (Å²) in [5.41, 5.74) is -0.216. The number of hydrogen-bond acceptors (Lipinski definition) is 7. The molecule has 2 aromatic rings. The number of Topliss-reactive ketones (excluding diaryl/α,β-unsaturated/α-hetero) is 1. The molecule has 1 aliphatic heterocycles. The van der Waals surface area contributed by atoms with Gasteiger partial charge in [-0.1, -0.05) is 6.07 Å². The summed E-state index contributed by atoms with van der Waals surface area (Å²) in [6, 6.07) is 8.69. The number of benzene rings is 1. The van der Waals surface area contributed by atoms with Crippen LogP contribution in [0.5, 0.6) is 5.75 Å². The summed E-state index contributed by atoms with van der Waals surface area (Å²) < 4.78 is 22.0. The predicted octanol–water partition coefficient (Wildman–Crippen LogP) is 3.65. The summed E-state index contributed by atoms with van der Waals surface area (Å²) in [7, 11) is 1.56. The van der Waals surface area contributed by atoms with Crippen LogP contribution in [0.15, 0.2) is 41.0 Å². The lowest BCUT2D eigenvalue weighted by atomic mass is 9.56. The van der Waals surface area contributed by atoms with E-state index >= 15 is 0 Å². The van der Waals surface area contributed by atoms with Crippen molar-refractivity contribution in [2.24, 2.45) is 5.41 Å². The van der Waals surface area contributed by atoms with Gasteiger partial charge < -0.3 is 18.6 Å². The van der Waals surface area contributed by atoms with Gasteiger partial charge in [-0.05, 0) is 42.3 Å². The molecule has 0 radical (unpaired) electrons. The van der Waals surface area contributed by atoms with Crippen LogP contribution in [0.4, 0.5) is 0 Å². The summed E-state index contributed by atoms with van der Waals surface area (Å²) >= 11 is 0. The number of esters is 2. The van der Waals surface area contributed by atoms with Gasteiger partial charge >= 0.3 is 11.9 Å². The van der Waals surface area contributed by atoms with E-state index in [2.05, 4.69) is 0 Å². The molecule has 2 atom stereocenters. The molecular weight excluding hydrogens is 388 g/mol. The summed E-state index contributed by atoms with van der Waals surface area (Å²) in [5, 5.41) is 0. The molecular formula is C23H24O7. The van der Waals surface area contributed by atoms with Crippen LogP contribution in [0.25, 0.3) is 0 Å². The molecule has 2 aliphatic rings. The molecule has 1 aliphatic carbocycles. The van der Waals surface area contributed by atoms with Crippen LogP contribution < -0.4 is 4.74 Å². The van der Waals surface area contributed by atoms with Crippen molar-refractivity contribution < 1.29 is 33.0 Å². The summed E-state index contributed by atoms with van der Waals surface area (Å²) in [5.74, 6) is -3.39. The van der Waals surface area contributed by atoms with E-state index in [1.165, 1.54) is 20.1 Å². The zero-order valence-electron chi connectivity index (χ0n) is 17.4. The molecule has 7 heteroatoms. The number of methoxy groups -OCH3 is 1. The average molecular weight is 412 g/mol. The standard InChI is InChI=1S/C23H24O7/c1-13-10-15(27-4)7-8-16(13)17-11-14(24)12-18(19-6-5-9-28-19)23(17)20(25)29-22(2,3)30-21(23)26/h5-10,17-18H,11-12H2,1-4H3/t17-,18+/m0/s1. The third-order valence-corrected chi connectivity index (χ3v) is 6.05. The van der Waals surface area contributed by atoms with Gasteiger partial charge in [0, 0.05) is 32.6 Å². The number of rotatable bonds is 3. The van der Waals surface area contributed by atoms with Gasteiger partial charge in [-0.3, -0.25) is 14.4 Å². The van der Waals surface area contributed by atoms with E-state index in [4.69, 9.17) is 18.6 Å². The van der Waals surface area contributed by atoms with Gasteiger partial charge in [0.15, 0.2) is 5.41 Å². The molecule has 1 aromatic carbocycles. The van der Waals surface area contributed by atoms with E-state index in [-0.39, 0.29) is 18.6 Å². The first-order valence-corrected chi connectivity index (χ1v) is 9.85. The van der Waals surface area contributed by atoms with Crippen LogP contribution in [0.2, 0.25) is 0 Å². The first-order valence-electron chi connectivity index (χ1n) is 9.85. The lowest BCUT2D eigenvalue weighted by molar-refractivity contribution is -0.256. The molecule has 30 heavy (non-hydrogen) atoms. The van der Waals surface area contributed by atoms with Gasteiger partial charge in [0.25, 0.3) is 5.79 Å². The highest BCUT2D eigenvalue weighted by molar-refractivity contribution is 6.06.